The molecule has 4 heteroatoms. The number of alkyl halides is 1. The van der Waals surface area contributed by atoms with Crippen molar-refractivity contribution in [3.63, 3.8) is 0 Å². The Kier molecular flexibility index (Phi) is 5.56. The van der Waals surface area contributed by atoms with Gasteiger partial charge in [0.2, 0.25) is 5.91 Å². The molecule has 0 aromatic rings. The molecule has 0 aliphatic carbocycles. The first-order valence-electron chi connectivity index (χ1n) is 4.50. The lowest BCUT2D eigenvalue weighted by molar-refractivity contribution is -0.122. The van der Waals surface area contributed by atoms with Crippen molar-refractivity contribution in [1.29, 1.82) is 0 Å². The molecular formula is C9H18BrNO2. The smallest absolute Gasteiger partial charge is 0.234 e. The van der Waals surface area contributed by atoms with Gasteiger partial charge in [0.25, 0.3) is 0 Å². The number of aliphatic hydroxyl groups excluding tert-OH is 1. The van der Waals surface area contributed by atoms with Crippen LogP contribution in [-0.4, -0.2) is 28.0 Å². The van der Waals surface area contributed by atoms with Crippen LogP contribution in [0.15, 0.2) is 0 Å². The molecule has 0 aromatic heterocycles. The van der Waals surface area contributed by atoms with E-state index >= 15 is 0 Å². The maximum Gasteiger partial charge on any atom is 0.234 e. The van der Waals surface area contributed by atoms with Gasteiger partial charge in [-0.25, -0.2) is 0 Å². The fourth-order valence-corrected chi connectivity index (χ4v) is 1.05. The van der Waals surface area contributed by atoms with Gasteiger partial charge in [-0.05, 0) is 26.7 Å². The Hall–Kier alpha value is -0.0900. The predicted molar refractivity (Wildman–Crippen MR) is 56.9 cm³/mol. The lowest BCUT2D eigenvalue weighted by Gasteiger charge is -2.26. The lowest BCUT2D eigenvalue weighted by Crippen LogP contribution is -2.46. The zero-order chi connectivity index (χ0) is 10.5. The first kappa shape index (κ1) is 12.9. The Morgan fingerprint density at radius 1 is 1.62 bits per heavy atom. The highest BCUT2D eigenvalue weighted by Gasteiger charge is 2.22. The minimum Gasteiger partial charge on any atom is -0.396 e. The normalized spacial score (nSPS) is 13.9. The van der Waals surface area contributed by atoms with Crippen LogP contribution in [0.5, 0.6) is 0 Å². The van der Waals surface area contributed by atoms with Gasteiger partial charge in [0.15, 0.2) is 0 Å². The van der Waals surface area contributed by atoms with E-state index in [1.807, 2.05) is 20.8 Å². The summed E-state index contributed by atoms with van der Waals surface area (Å²) in [7, 11) is 0. The summed E-state index contributed by atoms with van der Waals surface area (Å²) in [6.45, 7) is 5.83. The zero-order valence-corrected chi connectivity index (χ0v) is 10.0. The van der Waals surface area contributed by atoms with Crippen LogP contribution in [0, 0.1) is 0 Å². The zero-order valence-electron chi connectivity index (χ0n) is 8.43. The predicted octanol–water partition coefficient (Wildman–Crippen LogP) is 1.44. The van der Waals surface area contributed by atoms with Gasteiger partial charge in [0.05, 0.1) is 4.83 Å². The lowest BCUT2D eigenvalue weighted by atomic mass is 10.0. The molecule has 13 heavy (non-hydrogen) atoms. The highest BCUT2D eigenvalue weighted by atomic mass is 79.9. The first-order valence-corrected chi connectivity index (χ1v) is 5.41. The molecule has 3 nitrogen and oxygen atoms in total. The monoisotopic (exact) mass is 251 g/mol. The maximum atomic E-state index is 11.4. The van der Waals surface area contributed by atoms with Crippen molar-refractivity contribution in [3.05, 3.63) is 0 Å². The number of hydrogen-bond acceptors (Lipinski definition) is 2. The molecule has 1 atom stereocenters. The van der Waals surface area contributed by atoms with Crippen LogP contribution in [-0.2, 0) is 4.79 Å². The maximum absolute atomic E-state index is 11.4. The van der Waals surface area contributed by atoms with E-state index in [1.54, 1.807) is 0 Å². The number of hydrogen-bond donors (Lipinski definition) is 2. The molecule has 0 heterocycles. The Bertz CT molecular complexity index is 171. The Labute approximate surface area is 88.0 Å². The summed E-state index contributed by atoms with van der Waals surface area (Å²) in [5, 5.41) is 11.6. The van der Waals surface area contributed by atoms with E-state index in [1.165, 1.54) is 0 Å². The van der Waals surface area contributed by atoms with Gasteiger partial charge in [0, 0.05) is 12.1 Å². The SMILES string of the molecule is CCC(Br)C(=O)NC(C)(C)CCO. The minimum absolute atomic E-state index is 0.0130. The van der Waals surface area contributed by atoms with Crippen LogP contribution >= 0.6 is 15.9 Å². The van der Waals surface area contributed by atoms with Crippen molar-refractivity contribution in [2.24, 2.45) is 0 Å². The second kappa shape index (κ2) is 5.60. The van der Waals surface area contributed by atoms with Crippen LogP contribution in [0.3, 0.4) is 0 Å². The highest BCUT2D eigenvalue weighted by molar-refractivity contribution is 9.10. The van der Waals surface area contributed by atoms with E-state index in [9.17, 15) is 4.79 Å². The molecule has 0 bridgehead atoms. The summed E-state index contributed by atoms with van der Waals surface area (Å²) < 4.78 is 0. The van der Waals surface area contributed by atoms with Gasteiger partial charge in [-0.3, -0.25) is 4.79 Å². The van der Waals surface area contributed by atoms with Crippen LogP contribution in [0.25, 0.3) is 0 Å². The van der Waals surface area contributed by atoms with Crippen LogP contribution in [0.2, 0.25) is 0 Å². The molecule has 0 rings (SSSR count). The second-order valence-corrected chi connectivity index (χ2v) is 4.83. The van der Waals surface area contributed by atoms with Crippen molar-refractivity contribution in [2.45, 2.75) is 44.0 Å². The number of carbonyl (C=O) groups is 1. The minimum atomic E-state index is -0.326. The van der Waals surface area contributed by atoms with E-state index in [4.69, 9.17) is 5.11 Å². The summed E-state index contributed by atoms with van der Waals surface area (Å²) >= 11 is 3.27. The van der Waals surface area contributed by atoms with Crippen molar-refractivity contribution >= 4 is 21.8 Å². The molecule has 0 fully saturated rings. The average Bonchev–Trinajstić information content (AvgIpc) is 2.01. The quantitative estimate of drug-likeness (QED) is 0.727. The number of nitrogens with one attached hydrogen (secondary N) is 1. The van der Waals surface area contributed by atoms with Gasteiger partial charge in [0.1, 0.15) is 0 Å². The molecule has 0 saturated heterocycles. The Morgan fingerprint density at radius 3 is 2.54 bits per heavy atom. The summed E-state index contributed by atoms with van der Waals surface area (Å²) in [5.74, 6) is -0.0130. The van der Waals surface area contributed by atoms with Gasteiger partial charge in [-0.1, -0.05) is 22.9 Å². The number of carbonyl (C=O) groups excluding carboxylic acids is 1. The Balaban J connectivity index is 4.03. The number of amides is 1. The van der Waals surface area contributed by atoms with Crippen LogP contribution in [0.1, 0.15) is 33.6 Å². The van der Waals surface area contributed by atoms with E-state index < -0.39 is 0 Å². The fourth-order valence-electron chi connectivity index (χ4n) is 0.939. The van der Waals surface area contributed by atoms with Gasteiger partial charge < -0.3 is 10.4 Å². The third-order valence-corrected chi connectivity index (χ3v) is 2.90. The third kappa shape index (κ3) is 5.26. The van der Waals surface area contributed by atoms with E-state index in [-0.39, 0.29) is 22.9 Å². The molecular weight excluding hydrogens is 234 g/mol. The van der Waals surface area contributed by atoms with E-state index in [0.717, 1.165) is 6.42 Å². The summed E-state index contributed by atoms with van der Waals surface area (Å²) in [4.78, 5) is 11.3. The van der Waals surface area contributed by atoms with E-state index in [0.29, 0.717) is 6.42 Å². The summed E-state index contributed by atoms with van der Waals surface area (Å²) in [6.07, 6.45) is 1.34. The van der Waals surface area contributed by atoms with E-state index in [2.05, 4.69) is 21.2 Å². The molecule has 0 spiro atoms. The molecule has 0 aliphatic rings. The average molecular weight is 252 g/mol. The summed E-state index contributed by atoms with van der Waals surface area (Å²) in [6, 6.07) is 0. The number of rotatable bonds is 5. The van der Waals surface area contributed by atoms with Crippen LogP contribution in [0.4, 0.5) is 0 Å². The largest absolute Gasteiger partial charge is 0.396 e. The second-order valence-electron chi connectivity index (χ2n) is 3.72. The summed E-state index contributed by atoms with van der Waals surface area (Å²) in [5.41, 5.74) is -0.326. The Morgan fingerprint density at radius 2 is 2.15 bits per heavy atom. The molecule has 0 aromatic carbocycles. The first-order chi connectivity index (χ1) is 5.93. The molecule has 78 valence electrons. The molecule has 1 unspecified atom stereocenters. The van der Waals surface area contributed by atoms with Gasteiger partial charge in [-0.2, -0.15) is 0 Å². The molecule has 0 aliphatic heterocycles. The molecule has 0 saturated carbocycles. The number of aliphatic hydroxyl groups is 1. The van der Waals surface area contributed by atoms with Crippen molar-refractivity contribution < 1.29 is 9.90 Å². The van der Waals surface area contributed by atoms with Gasteiger partial charge >= 0.3 is 0 Å². The fraction of sp³-hybridized carbons (Fsp3) is 0.889. The van der Waals surface area contributed by atoms with Crippen molar-refractivity contribution in [1.82, 2.24) is 5.32 Å². The topological polar surface area (TPSA) is 49.3 Å². The highest BCUT2D eigenvalue weighted by Crippen LogP contribution is 2.11. The van der Waals surface area contributed by atoms with Crippen LogP contribution < -0.4 is 5.32 Å². The molecule has 2 N–H and O–H groups in total. The van der Waals surface area contributed by atoms with Crippen molar-refractivity contribution in [2.75, 3.05) is 6.61 Å². The van der Waals surface area contributed by atoms with Crippen molar-refractivity contribution in [3.8, 4) is 0 Å². The molecule has 0 radical (unpaired) electrons. The molecule has 1 amide bonds. The number of halogens is 1. The van der Waals surface area contributed by atoms with Gasteiger partial charge in [-0.15, -0.1) is 0 Å². The third-order valence-electron chi connectivity index (χ3n) is 1.84. The standard InChI is InChI=1S/C9H18BrNO2/c1-4-7(10)8(13)11-9(2,3)5-6-12/h7,12H,4-6H2,1-3H3,(H,11,13).